The summed E-state index contributed by atoms with van der Waals surface area (Å²) in [5, 5.41) is 0.611. The van der Waals surface area contributed by atoms with Gasteiger partial charge in [0.15, 0.2) is 5.75 Å². The Morgan fingerprint density at radius 3 is 2.50 bits per heavy atom. The van der Waals surface area contributed by atoms with E-state index in [4.69, 9.17) is 13.9 Å². The molecular formula is C21H20O5. The summed E-state index contributed by atoms with van der Waals surface area (Å²) in [6, 6.07) is 13.7. The summed E-state index contributed by atoms with van der Waals surface area (Å²) in [7, 11) is 1.56. The Balaban J connectivity index is 2.03. The maximum atomic E-state index is 12.6. The second-order valence-electron chi connectivity index (χ2n) is 5.91. The highest BCUT2D eigenvalue weighted by atomic mass is 16.5. The summed E-state index contributed by atoms with van der Waals surface area (Å²) in [4.78, 5) is 25.0. The lowest BCUT2D eigenvalue weighted by molar-refractivity contribution is 0.0734. The lowest BCUT2D eigenvalue weighted by atomic mass is 10.1. The molecule has 0 atom stereocenters. The van der Waals surface area contributed by atoms with Crippen LogP contribution in [0.15, 0.2) is 57.7 Å². The number of hydrogen-bond donors (Lipinski definition) is 0. The van der Waals surface area contributed by atoms with Gasteiger partial charge in [-0.15, -0.1) is 0 Å². The smallest absolute Gasteiger partial charge is 0.343 e. The summed E-state index contributed by atoms with van der Waals surface area (Å²) in [6.07, 6.45) is 2.21. The van der Waals surface area contributed by atoms with Gasteiger partial charge in [-0.3, -0.25) is 0 Å². The van der Waals surface area contributed by atoms with E-state index in [1.807, 2.05) is 13.0 Å². The maximum Gasteiger partial charge on any atom is 0.343 e. The highest BCUT2D eigenvalue weighted by molar-refractivity contribution is 5.94. The molecule has 0 bridgehead atoms. The minimum atomic E-state index is -0.527. The van der Waals surface area contributed by atoms with Crippen molar-refractivity contribution in [2.24, 2.45) is 0 Å². The molecule has 0 radical (unpaired) electrons. The van der Waals surface area contributed by atoms with Crippen molar-refractivity contribution in [1.29, 1.82) is 0 Å². The van der Waals surface area contributed by atoms with Gasteiger partial charge < -0.3 is 13.9 Å². The molecule has 0 aliphatic carbocycles. The van der Waals surface area contributed by atoms with Crippen LogP contribution in [0.2, 0.25) is 0 Å². The first-order valence-corrected chi connectivity index (χ1v) is 8.55. The number of rotatable bonds is 6. The molecular weight excluding hydrogens is 332 g/mol. The highest BCUT2D eigenvalue weighted by Crippen LogP contribution is 2.29. The molecule has 0 aliphatic rings. The molecule has 3 rings (SSSR count). The Hall–Kier alpha value is -3.08. The molecule has 5 heteroatoms. The van der Waals surface area contributed by atoms with Gasteiger partial charge in [-0.2, -0.15) is 0 Å². The van der Waals surface area contributed by atoms with Crippen molar-refractivity contribution in [2.45, 2.75) is 26.2 Å². The van der Waals surface area contributed by atoms with Crippen molar-refractivity contribution in [3.05, 3.63) is 70.1 Å². The standard InChI is InChI=1S/C21H20O5/c1-3-4-7-17-19(16-8-5-6-9-18(16)25-21(17)23)26-20(22)14-10-12-15(24-2)13-11-14/h5-6,8-13H,3-4,7H2,1-2H3. The van der Waals surface area contributed by atoms with Gasteiger partial charge in [0.1, 0.15) is 11.3 Å². The normalized spacial score (nSPS) is 10.7. The number of ether oxygens (including phenoxy) is 2. The number of para-hydroxylation sites is 1. The van der Waals surface area contributed by atoms with Crippen molar-refractivity contribution in [3.8, 4) is 11.5 Å². The zero-order chi connectivity index (χ0) is 18.5. The monoisotopic (exact) mass is 352 g/mol. The van der Waals surface area contributed by atoms with Crippen molar-refractivity contribution >= 4 is 16.9 Å². The van der Waals surface area contributed by atoms with Crippen LogP contribution in [0, 0.1) is 0 Å². The Morgan fingerprint density at radius 2 is 1.81 bits per heavy atom. The van der Waals surface area contributed by atoms with Crippen LogP contribution in [0.5, 0.6) is 11.5 Å². The summed E-state index contributed by atoms with van der Waals surface area (Å²) in [5.41, 5.74) is 0.710. The van der Waals surface area contributed by atoms with Crippen molar-refractivity contribution in [2.75, 3.05) is 7.11 Å². The summed E-state index contributed by atoms with van der Waals surface area (Å²) in [5.74, 6) is 0.406. The van der Waals surface area contributed by atoms with Gasteiger partial charge in [0.25, 0.3) is 0 Å². The van der Waals surface area contributed by atoms with E-state index >= 15 is 0 Å². The maximum absolute atomic E-state index is 12.6. The molecule has 1 aromatic heterocycles. The Labute approximate surface area is 151 Å². The van der Waals surface area contributed by atoms with Crippen LogP contribution in [0.4, 0.5) is 0 Å². The first kappa shape index (κ1) is 17.7. The molecule has 0 N–H and O–H groups in total. The Morgan fingerprint density at radius 1 is 1.08 bits per heavy atom. The molecule has 26 heavy (non-hydrogen) atoms. The topological polar surface area (TPSA) is 65.7 Å². The van der Waals surface area contributed by atoms with E-state index in [1.165, 1.54) is 0 Å². The van der Waals surface area contributed by atoms with Crippen LogP contribution in [-0.2, 0) is 6.42 Å². The van der Waals surface area contributed by atoms with E-state index in [2.05, 4.69) is 0 Å². The summed E-state index contributed by atoms with van der Waals surface area (Å²) in [6.45, 7) is 2.03. The van der Waals surface area contributed by atoms with E-state index in [9.17, 15) is 9.59 Å². The van der Waals surface area contributed by atoms with Crippen molar-refractivity contribution in [1.82, 2.24) is 0 Å². The van der Waals surface area contributed by atoms with Crippen LogP contribution >= 0.6 is 0 Å². The number of esters is 1. The van der Waals surface area contributed by atoms with Crippen molar-refractivity contribution < 1.29 is 18.7 Å². The van der Waals surface area contributed by atoms with Crippen LogP contribution in [0.1, 0.15) is 35.7 Å². The Kier molecular flexibility index (Phi) is 5.37. The van der Waals surface area contributed by atoms with Gasteiger partial charge in [0.2, 0.25) is 0 Å². The van der Waals surface area contributed by atoms with Gasteiger partial charge in [-0.05, 0) is 49.2 Å². The number of unbranched alkanes of at least 4 members (excludes halogenated alkanes) is 1. The molecule has 3 aromatic rings. The van der Waals surface area contributed by atoms with E-state index in [0.29, 0.717) is 34.3 Å². The lowest BCUT2D eigenvalue weighted by Crippen LogP contribution is -2.15. The molecule has 0 amide bonds. The third kappa shape index (κ3) is 3.61. The van der Waals surface area contributed by atoms with Crippen LogP contribution in [0.25, 0.3) is 11.0 Å². The first-order valence-electron chi connectivity index (χ1n) is 8.55. The van der Waals surface area contributed by atoms with Crippen LogP contribution in [0.3, 0.4) is 0 Å². The fraction of sp³-hybridized carbons (Fsp3) is 0.238. The van der Waals surface area contributed by atoms with Gasteiger partial charge in [-0.1, -0.05) is 25.5 Å². The third-order valence-electron chi connectivity index (χ3n) is 4.16. The second-order valence-corrected chi connectivity index (χ2v) is 5.91. The number of methoxy groups -OCH3 is 1. The van der Waals surface area contributed by atoms with Gasteiger partial charge in [0, 0.05) is 0 Å². The molecule has 1 heterocycles. The van der Waals surface area contributed by atoms with E-state index < -0.39 is 11.6 Å². The molecule has 0 saturated carbocycles. The molecule has 0 saturated heterocycles. The van der Waals surface area contributed by atoms with Crippen LogP contribution < -0.4 is 15.1 Å². The highest BCUT2D eigenvalue weighted by Gasteiger charge is 2.19. The average molecular weight is 352 g/mol. The molecule has 0 spiro atoms. The first-order chi connectivity index (χ1) is 12.6. The number of hydrogen-bond acceptors (Lipinski definition) is 5. The molecule has 2 aromatic carbocycles. The van der Waals surface area contributed by atoms with E-state index in [0.717, 1.165) is 12.8 Å². The molecule has 0 fully saturated rings. The summed E-state index contributed by atoms with van der Waals surface area (Å²) < 4.78 is 16.1. The largest absolute Gasteiger partial charge is 0.497 e. The molecule has 5 nitrogen and oxygen atoms in total. The minimum absolute atomic E-state index is 0.283. The molecule has 0 aliphatic heterocycles. The minimum Gasteiger partial charge on any atom is -0.497 e. The fourth-order valence-electron chi connectivity index (χ4n) is 2.72. The average Bonchev–Trinajstić information content (AvgIpc) is 2.67. The second kappa shape index (κ2) is 7.87. The van der Waals surface area contributed by atoms with Gasteiger partial charge in [-0.25, -0.2) is 9.59 Å². The summed E-state index contributed by atoms with van der Waals surface area (Å²) >= 11 is 0. The fourth-order valence-corrected chi connectivity index (χ4v) is 2.72. The number of fused-ring (bicyclic) bond motifs is 1. The SMILES string of the molecule is CCCCc1c(OC(=O)c2ccc(OC)cc2)c2ccccc2oc1=O. The van der Waals surface area contributed by atoms with E-state index in [1.54, 1.807) is 49.6 Å². The van der Waals surface area contributed by atoms with Gasteiger partial charge in [0.05, 0.1) is 23.6 Å². The Bertz CT molecular complexity index is 970. The molecule has 134 valence electrons. The van der Waals surface area contributed by atoms with Gasteiger partial charge >= 0.3 is 11.6 Å². The number of benzene rings is 2. The number of carbonyl (C=O) groups is 1. The molecule has 0 unspecified atom stereocenters. The van der Waals surface area contributed by atoms with E-state index in [-0.39, 0.29) is 5.75 Å². The third-order valence-corrected chi connectivity index (χ3v) is 4.16. The number of carbonyl (C=O) groups excluding carboxylic acids is 1. The lowest BCUT2D eigenvalue weighted by Gasteiger charge is -2.12. The van der Waals surface area contributed by atoms with Crippen molar-refractivity contribution in [3.63, 3.8) is 0 Å². The zero-order valence-electron chi connectivity index (χ0n) is 14.8. The van der Waals surface area contributed by atoms with Crippen LogP contribution in [-0.4, -0.2) is 13.1 Å². The quantitative estimate of drug-likeness (QED) is 0.487. The predicted octanol–water partition coefficient (Wildman–Crippen LogP) is 4.36. The zero-order valence-corrected chi connectivity index (χ0v) is 14.8. The predicted molar refractivity (Wildman–Crippen MR) is 99.0 cm³/mol.